The van der Waals surface area contributed by atoms with Crippen molar-refractivity contribution in [2.24, 2.45) is 0 Å². The number of hydrogen-bond acceptors (Lipinski definition) is 7. The van der Waals surface area contributed by atoms with Crippen molar-refractivity contribution in [1.82, 2.24) is 39.0 Å². The molecular weight excluding hydrogens is 1000 g/mol. The molecule has 0 unspecified atom stereocenters. The lowest BCUT2D eigenvalue weighted by Gasteiger charge is -2.21. The van der Waals surface area contributed by atoms with Gasteiger partial charge < -0.3 is 9.13 Å². The number of nitrogens with zero attached hydrogens (tertiary/aromatic N) is 9. The highest BCUT2D eigenvalue weighted by Gasteiger charge is 2.35. The maximum atomic E-state index is 15.5. The molecule has 0 spiro atoms. The maximum absolute atomic E-state index is 15.5. The van der Waals surface area contributed by atoms with Crippen molar-refractivity contribution in [3.05, 3.63) is 254 Å². The van der Waals surface area contributed by atoms with E-state index in [2.05, 4.69) is 6.07 Å². The number of fused-ring (bicyclic) bond motifs is 6. The van der Waals surface area contributed by atoms with Gasteiger partial charge in [0.1, 0.15) is 6.07 Å². The number of para-hydroxylation sites is 2. The average Bonchev–Trinajstić information content (AvgIpc) is 4.11. The Balaban J connectivity index is 0.983. The van der Waals surface area contributed by atoms with Crippen LogP contribution in [0.2, 0.25) is 0 Å². The molecule has 80 heavy (non-hydrogen) atoms. The molecule has 9 nitrogen and oxygen atoms in total. The van der Waals surface area contributed by atoms with E-state index < -0.39 is 11.7 Å². The standard InChI is InChI=1S/C68H40F3N9/c69-68(70,71)55-30-16-13-27-49(55)54-40-60(79-56-31-17-14-28-50(56)52-37-46(33-35-58(52)79)66-75-62(42-19-5-1-6-20-42)73-63(76-66)43-21-7-2-8-22-43)48(41-72)39-61(54)80-57-32-18-15-29-51(57)53-38-47(34-36-59(53)80)67-77-64(44-23-9-3-10-24-44)74-65(78-67)45-25-11-4-12-26-45/h1-40H. The third-order valence-electron chi connectivity index (χ3n) is 14.5. The Bertz CT molecular complexity index is 4650. The topological polar surface area (TPSA) is 111 Å². The van der Waals surface area contributed by atoms with Crippen LogP contribution in [0.5, 0.6) is 0 Å². The minimum atomic E-state index is -4.72. The Morgan fingerprint density at radius 2 is 0.662 bits per heavy atom. The monoisotopic (exact) mass is 1040 g/mol. The third-order valence-corrected chi connectivity index (χ3v) is 14.5. The fourth-order valence-corrected chi connectivity index (χ4v) is 10.8. The van der Waals surface area contributed by atoms with Crippen molar-refractivity contribution < 1.29 is 13.2 Å². The Kier molecular flexibility index (Phi) is 11.5. The van der Waals surface area contributed by atoms with Crippen molar-refractivity contribution in [3.8, 4) is 96.9 Å². The molecule has 4 heterocycles. The highest BCUT2D eigenvalue weighted by Crippen LogP contribution is 2.45. The molecule has 0 saturated heterocycles. The average molecular weight is 1040 g/mol. The van der Waals surface area contributed by atoms with Gasteiger partial charge in [0, 0.05) is 60.5 Å². The predicted octanol–water partition coefficient (Wildman–Crippen LogP) is 16.8. The molecule has 378 valence electrons. The zero-order valence-electron chi connectivity index (χ0n) is 42.3. The van der Waals surface area contributed by atoms with E-state index in [1.807, 2.05) is 215 Å². The maximum Gasteiger partial charge on any atom is 0.417 e. The molecule has 0 atom stereocenters. The van der Waals surface area contributed by atoms with Crippen LogP contribution in [0.25, 0.3) is 134 Å². The summed E-state index contributed by atoms with van der Waals surface area (Å²) in [5, 5.41) is 14.7. The predicted molar refractivity (Wildman–Crippen MR) is 310 cm³/mol. The van der Waals surface area contributed by atoms with Crippen LogP contribution >= 0.6 is 0 Å². The van der Waals surface area contributed by atoms with Gasteiger partial charge in [-0.3, -0.25) is 0 Å². The van der Waals surface area contributed by atoms with E-state index in [9.17, 15) is 5.26 Å². The summed E-state index contributed by atoms with van der Waals surface area (Å²) in [6, 6.07) is 77.9. The molecule has 0 N–H and O–H groups in total. The summed E-state index contributed by atoms with van der Waals surface area (Å²) in [7, 11) is 0. The lowest BCUT2D eigenvalue weighted by atomic mass is 9.95. The second-order valence-corrected chi connectivity index (χ2v) is 19.3. The Hall–Kier alpha value is -10.9. The number of alkyl halides is 3. The van der Waals surface area contributed by atoms with Gasteiger partial charge >= 0.3 is 6.18 Å². The molecule has 14 aromatic rings. The zero-order valence-corrected chi connectivity index (χ0v) is 42.3. The Labute approximate surface area is 455 Å². The Morgan fingerprint density at radius 1 is 0.312 bits per heavy atom. The Morgan fingerprint density at radius 3 is 1.07 bits per heavy atom. The van der Waals surface area contributed by atoms with E-state index >= 15 is 13.2 Å². The molecule has 0 aliphatic rings. The molecule has 0 saturated carbocycles. The van der Waals surface area contributed by atoms with Gasteiger partial charge in [-0.25, -0.2) is 29.9 Å². The molecule has 0 aliphatic heterocycles. The lowest BCUT2D eigenvalue weighted by Crippen LogP contribution is -2.09. The normalized spacial score (nSPS) is 11.7. The van der Waals surface area contributed by atoms with Crippen LogP contribution in [-0.2, 0) is 6.18 Å². The number of benzene rings is 10. The van der Waals surface area contributed by atoms with Crippen LogP contribution in [0.3, 0.4) is 0 Å². The van der Waals surface area contributed by atoms with E-state index in [0.717, 1.165) is 72.0 Å². The van der Waals surface area contributed by atoms with E-state index in [1.165, 1.54) is 12.1 Å². The minimum absolute atomic E-state index is 0.0447. The molecule has 0 amide bonds. The van der Waals surface area contributed by atoms with Gasteiger partial charge in [0.25, 0.3) is 0 Å². The molecule has 10 aromatic carbocycles. The van der Waals surface area contributed by atoms with Gasteiger partial charge in [-0.05, 0) is 72.3 Å². The van der Waals surface area contributed by atoms with Crippen LogP contribution < -0.4 is 0 Å². The smallest absolute Gasteiger partial charge is 0.309 e. The number of halogens is 3. The minimum Gasteiger partial charge on any atom is -0.309 e. The van der Waals surface area contributed by atoms with Crippen LogP contribution in [0.4, 0.5) is 13.2 Å². The van der Waals surface area contributed by atoms with E-state index in [1.54, 1.807) is 18.2 Å². The summed E-state index contributed by atoms with van der Waals surface area (Å²) in [6.07, 6.45) is -4.72. The molecular formula is C68H40F3N9. The first kappa shape index (κ1) is 47.5. The summed E-state index contributed by atoms with van der Waals surface area (Å²) in [6.45, 7) is 0. The number of aromatic nitrogens is 8. The highest BCUT2D eigenvalue weighted by molar-refractivity contribution is 6.12. The molecule has 12 heteroatoms. The largest absolute Gasteiger partial charge is 0.417 e. The van der Waals surface area contributed by atoms with Crippen molar-refractivity contribution in [2.75, 3.05) is 0 Å². The van der Waals surface area contributed by atoms with Crippen molar-refractivity contribution >= 4 is 43.6 Å². The van der Waals surface area contributed by atoms with Gasteiger partial charge in [-0.2, -0.15) is 18.4 Å². The second-order valence-electron chi connectivity index (χ2n) is 19.3. The number of nitriles is 1. The summed E-state index contributed by atoms with van der Waals surface area (Å²) in [5.41, 5.74) is 8.11. The quantitative estimate of drug-likeness (QED) is 0.142. The van der Waals surface area contributed by atoms with E-state index in [-0.39, 0.29) is 16.7 Å². The molecule has 0 bridgehead atoms. The summed E-state index contributed by atoms with van der Waals surface area (Å²) in [4.78, 5) is 29.8. The molecule has 0 radical (unpaired) electrons. The van der Waals surface area contributed by atoms with Gasteiger partial charge in [-0.15, -0.1) is 0 Å². The molecule has 14 rings (SSSR count). The highest BCUT2D eigenvalue weighted by atomic mass is 19.4. The van der Waals surface area contributed by atoms with Gasteiger partial charge in [-0.1, -0.05) is 176 Å². The fourth-order valence-electron chi connectivity index (χ4n) is 10.8. The summed E-state index contributed by atoms with van der Waals surface area (Å²) >= 11 is 0. The van der Waals surface area contributed by atoms with Gasteiger partial charge in [0.15, 0.2) is 34.9 Å². The third kappa shape index (κ3) is 8.29. The first-order valence-electron chi connectivity index (χ1n) is 25.8. The molecule has 0 aliphatic carbocycles. The van der Waals surface area contributed by atoms with Crippen LogP contribution in [0.1, 0.15) is 11.1 Å². The van der Waals surface area contributed by atoms with Crippen molar-refractivity contribution in [2.45, 2.75) is 6.18 Å². The van der Waals surface area contributed by atoms with E-state index in [4.69, 9.17) is 29.9 Å². The molecule has 0 fully saturated rings. The van der Waals surface area contributed by atoms with Crippen LogP contribution in [0, 0.1) is 11.3 Å². The first-order chi connectivity index (χ1) is 39.3. The van der Waals surface area contributed by atoms with Crippen LogP contribution in [0.15, 0.2) is 243 Å². The van der Waals surface area contributed by atoms with Crippen molar-refractivity contribution in [1.29, 1.82) is 5.26 Å². The first-order valence-corrected chi connectivity index (χ1v) is 25.8. The van der Waals surface area contributed by atoms with Crippen LogP contribution in [-0.4, -0.2) is 39.0 Å². The summed E-state index contributed by atoms with van der Waals surface area (Å²) in [5.74, 6) is 2.97. The number of rotatable bonds is 9. The SMILES string of the molecule is N#Cc1cc(-n2c3ccccc3c3cc(-c4nc(-c5ccccc5)nc(-c5ccccc5)n4)ccc32)c(-c2ccccc2C(F)(F)F)cc1-n1c2ccccc2c2cc(-c3nc(-c4ccccc4)nc(-c4ccccc4)n3)ccc21. The van der Waals surface area contributed by atoms with Crippen molar-refractivity contribution in [3.63, 3.8) is 0 Å². The second kappa shape index (κ2) is 19.3. The lowest BCUT2D eigenvalue weighted by molar-refractivity contribution is -0.137. The van der Waals surface area contributed by atoms with E-state index in [0.29, 0.717) is 57.4 Å². The molecule has 4 aromatic heterocycles. The van der Waals surface area contributed by atoms with Gasteiger partial charge in [0.2, 0.25) is 0 Å². The van der Waals surface area contributed by atoms with Gasteiger partial charge in [0.05, 0.1) is 44.6 Å². The fraction of sp³-hybridized carbons (Fsp3) is 0.0147. The zero-order chi connectivity index (χ0) is 53.9. The summed E-state index contributed by atoms with van der Waals surface area (Å²) < 4.78 is 50.3. The number of hydrogen-bond donors (Lipinski definition) is 0.